The molecule has 0 unspecified atom stereocenters. The van der Waals surface area contributed by atoms with Crippen LogP contribution in [0.5, 0.6) is 0 Å². The molecule has 0 radical (unpaired) electrons. The summed E-state index contributed by atoms with van der Waals surface area (Å²) < 4.78 is 0. The van der Waals surface area contributed by atoms with E-state index < -0.39 is 0 Å². The van der Waals surface area contributed by atoms with Crippen molar-refractivity contribution in [3.05, 3.63) is 45.6 Å². The van der Waals surface area contributed by atoms with Gasteiger partial charge in [0, 0.05) is 22.3 Å². The van der Waals surface area contributed by atoms with Gasteiger partial charge in [-0.3, -0.25) is 0 Å². The molecule has 0 aliphatic heterocycles. The zero-order chi connectivity index (χ0) is 11.5. The normalized spacial score (nSPS) is 10.1. The van der Waals surface area contributed by atoms with Crippen LogP contribution in [0.4, 0.5) is 11.4 Å². The maximum atomic E-state index is 6.06. The highest BCUT2D eigenvalue weighted by molar-refractivity contribution is 7.80. The molecular weight excluding hydrogens is 260 g/mol. The Hall–Kier alpha value is -1.10. The molecule has 0 fully saturated rings. The molecule has 5 heteroatoms. The van der Waals surface area contributed by atoms with E-state index in [-0.39, 0.29) is 0 Å². The van der Waals surface area contributed by atoms with Crippen molar-refractivity contribution in [2.45, 2.75) is 0 Å². The molecule has 0 aliphatic rings. The van der Waals surface area contributed by atoms with E-state index in [1.807, 2.05) is 35.0 Å². The minimum Gasteiger partial charge on any atom is -0.389 e. The largest absolute Gasteiger partial charge is 0.389 e. The first-order valence-electron chi connectivity index (χ1n) is 4.55. The summed E-state index contributed by atoms with van der Waals surface area (Å²) in [4.78, 5) is 0.312. The third-order valence-corrected chi connectivity index (χ3v) is 3.26. The lowest BCUT2D eigenvalue weighted by molar-refractivity contribution is 1.56. The second-order valence-corrected chi connectivity index (χ2v) is 4.82. The van der Waals surface area contributed by atoms with Gasteiger partial charge in [-0.1, -0.05) is 23.8 Å². The number of halogens is 1. The number of hydrogen-bond donors (Lipinski definition) is 2. The van der Waals surface area contributed by atoms with E-state index in [0.717, 1.165) is 11.4 Å². The van der Waals surface area contributed by atoms with E-state index in [9.17, 15) is 0 Å². The van der Waals surface area contributed by atoms with Crippen LogP contribution in [0.3, 0.4) is 0 Å². The fraction of sp³-hybridized carbons (Fsp3) is 0. The van der Waals surface area contributed by atoms with Crippen molar-refractivity contribution in [1.29, 1.82) is 0 Å². The summed E-state index contributed by atoms with van der Waals surface area (Å²) in [7, 11) is 0. The van der Waals surface area contributed by atoms with Crippen LogP contribution in [0.1, 0.15) is 5.56 Å². The van der Waals surface area contributed by atoms with Crippen molar-refractivity contribution in [3.8, 4) is 0 Å². The highest BCUT2D eigenvalue weighted by atomic mass is 35.5. The monoisotopic (exact) mass is 268 g/mol. The van der Waals surface area contributed by atoms with Crippen LogP contribution in [-0.4, -0.2) is 4.99 Å². The molecule has 16 heavy (non-hydrogen) atoms. The van der Waals surface area contributed by atoms with Crippen LogP contribution in [0.2, 0.25) is 5.02 Å². The molecule has 2 nitrogen and oxygen atoms in total. The average Bonchev–Trinajstić information content (AvgIpc) is 2.70. The van der Waals surface area contributed by atoms with Gasteiger partial charge in [-0.05, 0) is 29.6 Å². The predicted molar refractivity (Wildman–Crippen MR) is 74.9 cm³/mol. The predicted octanol–water partition coefficient (Wildman–Crippen LogP) is 3.78. The molecule has 2 aromatic rings. The summed E-state index contributed by atoms with van der Waals surface area (Å²) in [5, 5.41) is 7.83. The van der Waals surface area contributed by atoms with E-state index in [1.54, 1.807) is 11.3 Å². The number of anilines is 2. The first-order valence-corrected chi connectivity index (χ1v) is 6.28. The number of thiocarbonyl (C=S) groups is 1. The van der Waals surface area contributed by atoms with Crippen LogP contribution in [0, 0.1) is 0 Å². The molecule has 0 atom stereocenters. The Balaban J connectivity index is 2.24. The number of nitrogens with one attached hydrogen (secondary N) is 1. The molecule has 0 saturated heterocycles. The Labute approximate surface area is 108 Å². The number of thiophene rings is 1. The van der Waals surface area contributed by atoms with Crippen LogP contribution < -0.4 is 11.1 Å². The fourth-order valence-corrected chi connectivity index (χ4v) is 2.40. The molecular formula is C11H9ClN2S2. The molecule has 1 heterocycles. The second kappa shape index (κ2) is 4.82. The first-order chi connectivity index (χ1) is 7.66. The zero-order valence-electron chi connectivity index (χ0n) is 8.24. The topological polar surface area (TPSA) is 38.0 Å². The summed E-state index contributed by atoms with van der Waals surface area (Å²) in [6.45, 7) is 0. The second-order valence-electron chi connectivity index (χ2n) is 3.20. The summed E-state index contributed by atoms with van der Waals surface area (Å²) >= 11 is 12.6. The summed E-state index contributed by atoms with van der Waals surface area (Å²) in [6.07, 6.45) is 0. The first kappa shape index (κ1) is 11.4. The summed E-state index contributed by atoms with van der Waals surface area (Å²) in [5.41, 5.74) is 8.20. The van der Waals surface area contributed by atoms with Crippen molar-refractivity contribution < 1.29 is 0 Å². The van der Waals surface area contributed by atoms with Crippen LogP contribution >= 0.6 is 35.2 Å². The molecule has 1 aromatic carbocycles. The highest BCUT2D eigenvalue weighted by Gasteiger charge is 2.04. The number of benzene rings is 1. The van der Waals surface area contributed by atoms with E-state index in [1.165, 1.54) is 0 Å². The van der Waals surface area contributed by atoms with E-state index in [2.05, 4.69) is 5.32 Å². The van der Waals surface area contributed by atoms with Crippen LogP contribution in [0.25, 0.3) is 0 Å². The Morgan fingerprint density at radius 1 is 1.31 bits per heavy atom. The van der Waals surface area contributed by atoms with Gasteiger partial charge >= 0.3 is 0 Å². The van der Waals surface area contributed by atoms with Crippen LogP contribution in [0.15, 0.2) is 35.0 Å². The van der Waals surface area contributed by atoms with Gasteiger partial charge in [0.1, 0.15) is 4.99 Å². The number of hydrogen-bond acceptors (Lipinski definition) is 3. The molecule has 0 bridgehead atoms. The van der Waals surface area contributed by atoms with Crippen LogP contribution in [-0.2, 0) is 0 Å². The zero-order valence-corrected chi connectivity index (χ0v) is 10.6. The molecule has 0 amide bonds. The smallest absolute Gasteiger partial charge is 0.105 e. The number of nitrogens with two attached hydrogens (primary N) is 1. The molecule has 0 saturated carbocycles. The Morgan fingerprint density at radius 2 is 2.12 bits per heavy atom. The molecule has 3 N–H and O–H groups in total. The van der Waals surface area contributed by atoms with Crippen molar-refractivity contribution in [2.24, 2.45) is 5.73 Å². The van der Waals surface area contributed by atoms with E-state index >= 15 is 0 Å². The lowest BCUT2D eigenvalue weighted by Crippen LogP contribution is -2.09. The van der Waals surface area contributed by atoms with E-state index in [0.29, 0.717) is 15.6 Å². The molecule has 0 spiro atoms. The van der Waals surface area contributed by atoms with Gasteiger partial charge in [-0.25, -0.2) is 0 Å². The maximum Gasteiger partial charge on any atom is 0.105 e. The lowest BCUT2D eigenvalue weighted by Gasteiger charge is -2.07. The minimum atomic E-state index is 0.312. The molecule has 82 valence electrons. The standard InChI is InChI=1S/C11H9ClN2S2/c12-10-5-7(1-2-9(10)11(13)15)14-8-3-4-16-6-8/h1-6,14H,(H2,13,15). The third kappa shape index (κ3) is 2.52. The van der Waals surface area contributed by atoms with Gasteiger partial charge < -0.3 is 11.1 Å². The lowest BCUT2D eigenvalue weighted by atomic mass is 10.2. The van der Waals surface area contributed by atoms with Gasteiger partial charge in [0.2, 0.25) is 0 Å². The molecule has 1 aromatic heterocycles. The Bertz CT molecular complexity index is 509. The minimum absolute atomic E-state index is 0.312. The SMILES string of the molecule is NC(=S)c1ccc(Nc2ccsc2)cc1Cl. The Morgan fingerprint density at radius 3 is 2.69 bits per heavy atom. The molecule has 2 rings (SSSR count). The Kier molecular flexibility index (Phi) is 3.43. The quantitative estimate of drug-likeness (QED) is 0.832. The van der Waals surface area contributed by atoms with Gasteiger partial charge in [-0.2, -0.15) is 11.3 Å². The van der Waals surface area contributed by atoms with E-state index in [4.69, 9.17) is 29.6 Å². The van der Waals surface area contributed by atoms with Gasteiger partial charge in [0.05, 0.1) is 5.02 Å². The van der Waals surface area contributed by atoms with Crippen molar-refractivity contribution in [1.82, 2.24) is 0 Å². The van der Waals surface area contributed by atoms with Gasteiger partial charge in [-0.15, -0.1) is 0 Å². The van der Waals surface area contributed by atoms with Gasteiger partial charge in [0.25, 0.3) is 0 Å². The highest BCUT2D eigenvalue weighted by Crippen LogP contribution is 2.24. The number of rotatable bonds is 3. The van der Waals surface area contributed by atoms with Crippen molar-refractivity contribution in [2.75, 3.05) is 5.32 Å². The van der Waals surface area contributed by atoms with Crippen molar-refractivity contribution in [3.63, 3.8) is 0 Å². The molecule has 0 aliphatic carbocycles. The van der Waals surface area contributed by atoms with Gasteiger partial charge in [0.15, 0.2) is 0 Å². The fourth-order valence-electron chi connectivity index (χ4n) is 1.29. The van der Waals surface area contributed by atoms with Crippen molar-refractivity contribution >= 4 is 51.5 Å². The summed E-state index contributed by atoms with van der Waals surface area (Å²) in [6, 6.07) is 7.53. The maximum absolute atomic E-state index is 6.06. The average molecular weight is 269 g/mol. The summed E-state index contributed by atoms with van der Waals surface area (Å²) in [5.74, 6) is 0. The third-order valence-electron chi connectivity index (χ3n) is 2.04.